The summed E-state index contributed by atoms with van der Waals surface area (Å²) in [5, 5.41) is 18.9. The van der Waals surface area contributed by atoms with E-state index in [2.05, 4.69) is 0 Å². The minimum Gasteiger partial charge on any atom is -0.508 e. The summed E-state index contributed by atoms with van der Waals surface area (Å²) < 4.78 is 0. The van der Waals surface area contributed by atoms with Crippen LogP contribution in [0.5, 0.6) is 5.75 Å². The Bertz CT molecular complexity index is 461. The van der Waals surface area contributed by atoms with Crippen LogP contribution in [-0.2, 0) is 11.2 Å². The molecule has 0 radical (unpaired) electrons. The van der Waals surface area contributed by atoms with Crippen LogP contribution in [0.15, 0.2) is 12.1 Å². The molecule has 3 nitrogen and oxygen atoms in total. The van der Waals surface area contributed by atoms with Crippen molar-refractivity contribution in [3.05, 3.63) is 28.8 Å². The Hall–Kier alpha value is -1.51. The van der Waals surface area contributed by atoms with Crippen molar-refractivity contribution in [3.63, 3.8) is 0 Å². The van der Waals surface area contributed by atoms with Crippen LogP contribution >= 0.6 is 0 Å². The third kappa shape index (κ3) is 2.66. The van der Waals surface area contributed by atoms with Gasteiger partial charge in [-0.25, -0.2) is 0 Å². The summed E-state index contributed by atoms with van der Waals surface area (Å²) in [7, 11) is 0. The highest BCUT2D eigenvalue weighted by Gasteiger charge is 2.34. The van der Waals surface area contributed by atoms with Crippen LogP contribution in [-0.4, -0.2) is 16.2 Å². The van der Waals surface area contributed by atoms with Gasteiger partial charge in [0.15, 0.2) is 0 Å². The SMILES string of the molecule is CCc1cc(C(CC(=O)O)C2CC2)c(C)cc1O. The van der Waals surface area contributed by atoms with Crippen molar-refractivity contribution in [2.45, 2.75) is 45.4 Å². The highest BCUT2D eigenvalue weighted by Crippen LogP contribution is 2.46. The zero-order chi connectivity index (χ0) is 13.3. The molecule has 0 aromatic heterocycles. The van der Waals surface area contributed by atoms with Gasteiger partial charge >= 0.3 is 5.97 Å². The van der Waals surface area contributed by atoms with Gasteiger partial charge in [0.2, 0.25) is 0 Å². The molecule has 0 heterocycles. The Balaban J connectivity index is 2.37. The number of phenols is 1. The topological polar surface area (TPSA) is 57.5 Å². The maximum atomic E-state index is 11.0. The van der Waals surface area contributed by atoms with Crippen LogP contribution in [0.4, 0.5) is 0 Å². The van der Waals surface area contributed by atoms with Gasteiger partial charge in [-0.1, -0.05) is 13.0 Å². The molecule has 0 aliphatic heterocycles. The molecule has 1 aromatic carbocycles. The number of hydrogen-bond acceptors (Lipinski definition) is 2. The number of aryl methyl sites for hydroxylation is 2. The number of hydrogen-bond donors (Lipinski definition) is 2. The molecule has 1 saturated carbocycles. The molecule has 1 fully saturated rings. The molecule has 3 heteroatoms. The van der Waals surface area contributed by atoms with Crippen LogP contribution in [0.1, 0.15) is 48.8 Å². The molecule has 1 aliphatic carbocycles. The molecule has 0 saturated heterocycles. The molecule has 18 heavy (non-hydrogen) atoms. The van der Waals surface area contributed by atoms with Gasteiger partial charge in [0.05, 0.1) is 6.42 Å². The predicted molar refractivity (Wildman–Crippen MR) is 69.9 cm³/mol. The van der Waals surface area contributed by atoms with E-state index in [4.69, 9.17) is 5.11 Å². The first kappa shape index (κ1) is 12.9. The van der Waals surface area contributed by atoms with Gasteiger partial charge in [-0.15, -0.1) is 0 Å². The van der Waals surface area contributed by atoms with Crippen LogP contribution in [0.2, 0.25) is 0 Å². The van der Waals surface area contributed by atoms with E-state index in [0.29, 0.717) is 11.7 Å². The Morgan fingerprint density at radius 2 is 2.11 bits per heavy atom. The summed E-state index contributed by atoms with van der Waals surface area (Å²) in [6.07, 6.45) is 3.21. The van der Waals surface area contributed by atoms with Crippen LogP contribution in [0.25, 0.3) is 0 Å². The van der Waals surface area contributed by atoms with E-state index in [1.54, 1.807) is 6.07 Å². The van der Waals surface area contributed by atoms with Gasteiger partial charge in [0.1, 0.15) is 5.75 Å². The number of phenolic OH excluding ortho intramolecular Hbond substituents is 1. The van der Waals surface area contributed by atoms with Gasteiger partial charge in [0, 0.05) is 0 Å². The fourth-order valence-electron chi connectivity index (χ4n) is 2.66. The molecule has 0 spiro atoms. The zero-order valence-electron chi connectivity index (χ0n) is 10.9. The molecule has 2 N–H and O–H groups in total. The minimum atomic E-state index is -0.738. The number of aliphatic carboxylic acids is 1. The minimum absolute atomic E-state index is 0.105. The lowest BCUT2D eigenvalue weighted by Crippen LogP contribution is -2.10. The van der Waals surface area contributed by atoms with E-state index >= 15 is 0 Å². The maximum absolute atomic E-state index is 11.0. The average Bonchev–Trinajstić information content (AvgIpc) is 3.10. The normalized spacial score (nSPS) is 16.6. The van der Waals surface area contributed by atoms with E-state index < -0.39 is 5.97 Å². The first-order chi connectivity index (χ1) is 8.52. The second kappa shape index (κ2) is 5.01. The van der Waals surface area contributed by atoms with Crippen LogP contribution < -0.4 is 0 Å². The molecule has 1 aromatic rings. The number of carboxylic acids is 1. The van der Waals surface area contributed by atoms with Crippen molar-refractivity contribution in [1.82, 2.24) is 0 Å². The average molecular weight is 248 g/mol. The third-order valence-electron chi connectivity index (χ3n) is 3.83. The monoisotopic (exact) mass is 248 g/mol. The van der Waals surface area contributed by atoms with Gasteiger partial charge in [-0.05, 0) is 60.8 Å². The molecule has 0 bridgehead atoms. The second-order valence-electron chi connectivity index (χ2n) is 5.23. The van der Waals surface area contributed by atoms with E-state index in [0.717, 1.165) is 36.0 Å². The molecule has 2 rings (SSSR count). The van der Waals surface area contributed by atoms with Crippen molar-refractivity contribution in [2.24, 2.45) is 5.92 Å². The second-order valence-corrected chi connectivity index (χ2v) is 5.23. The smallest absolute Gasteiger partial charge is 0.303 e. The van der Waals surface area contributed by atoms with Crippen molar-refractivity contribution >= 4 is 5.97 Å². The zero-order valence-corrected chi connectivity index (χ0v) is 10.9. The first-order valence-corrected chi connectivity index (χ1v) is 6.57. The highest BCUT2D eigenvalue weighted by atomic mass is 16.4. The fraction of sp³-hybridized carbons (Fsp3) is 0.533. The van der Waals surface area contributed by atoms with Crippen molar-refractivity contribution in [3.8, 4) is 5.75 Å². The molecular formula is C15H20O3. The molecule has 1 aliphatic rings. The van der Waals surface area contributed by atoms with Crippen LogP contribution in [0.3, 0.4) is 0 Å². The Labute approximate surface area is 107 Å². The molecule has 1 unspecified atom stereocenters. The summed E-state index contributed by atoms with van der Waals surface area (Å²) in [5.41, 5.74) is 3.02. The quantitative estimate of drug-likeness (QED) is 0.841. The highest BCUT2D eigenvalue weighted by molar-refractivity contribution is 5.68. The largest absolute Gasteiger partial charge is 0.508 e. The lowest BCUT2D eigenvalue weighted by Gasteiger charge is -2.19. The van der Waals surface area contributed by atoms with E-state index in [-0.39, 0.29) is 12.3 Å². The molecule has 98 valence electrons. The number of carboxylic acid groups (broad SMARTS) is 1. The van der Waals surface area contributed by atoms with Gasteiger partial charge in [0.25, 0.3) is 0 Å². The summed E-state index contributed by atoms with van der Waals surface area (Å²) >= 11 is 0. The van der Waals surface area contributed by atoms with E-state index in [9.17, 15) is 9.90 Å². The van der Waals surface area contributed by atoms with Crippen molar-refractivity contribution < 1.29 is 15.0 Å². The number of carbonyl (C=O) groups is 1. The van der Waals surface area contributed by atoms with Gasteiger partial charge in [-0.3, -0.25) is 4.79 Å². The fourth-order valence-corrected chi connectivity index (χ4v) is 2.66. The number of benzene rings is 1. The lowest BCUT2D eigenvalue weighted by molar-refractivity contribution is -0.137. The summed E-state index contributed by atoms with van der Waals surface area (Å²) in [5.74, 6) is 0.198. The van der Waals surface area contributed by atoms with Crippen molar-refractivity contribution in [2.75, 3.05) is 0 Å². The Morgan fingerprint density at radius 3 is 2.61 bits per heavy atom. The summed E-state index contributed by atoms with van der Waals surface area (Å²) in [6, 6.07) is 3.77. The molecular weight excluding hydrogens is 228 g/mol. The first-order valence-electron chi connectivity index (χ1n) is 6.57. The standard InChI is InChI=1S/C15H20O3/c1-3-10-7-12(9(2)6-14(10)16)13(8-15(17)18)11-4-5-11/h6-7,11,13,16H,3-5,8H2,1-2H3,(H,17,18). The Morgan fingerprint density at radius 1 is 1.44 bits per heavy atom. The molecule has 0 amide bonds. The number of rotatable bonds is 5. The Kier molecular flexibility index (Phi) is 3.60. The third-order valence-corrected chi connectivity index (χ3v) is 3.83. The lowest BCUT2D eigenvalue weighted by atomic mass is 9.86. The van der Waals surface area contributed by atoms with E-state index in [1.807, 2.05) is 19.9 Å². The van der Waals surface area contributed by atoms with Crippen LogP contribution in [0, 0.1) is 12.8 Å². The van der Waals surface area contributed by atoms with Gasteiger partial charge in [-0.2, -0.15) is 0 Å². The van der Waals surface area contributed by atoms with Gasteiger partial charge < -0.3 is 10.2 Å². The van der Waals surface area contributed by atoms with Crippen molar-refractivity contribution in [1.29, 1.82) is 0 Å². The summed E-state index contributed by atoms with van der Waals surface area (Å²) in [6.45, 7) is 3.95. The summed E-state index contributed by atoms with van der Waals surface area (Å²) in [4.78, 5) is 11.0. The van der Waals surface area contributed by atoms with E-state index in [1.165, 1.54) is 0 Å². The maximum Gasteiger partial charge on any atom is 0.303 e. The number of aromatic hydroxyl groups is 1. The molecule has 1 atom stereocenters. The predicted octanol–water partition coefficient (Wildman–Crippen LogP) is 3.23.